The molecule has 0 amide bonds. The van der Waals surface area contributed by atoms with Crippen molar-refractivity contribution in [1.29, 1.82) is 0 Å². The molecule has 0 saturated heterocycles. The molecular weight excluding hydrogens is 354 g/mol. The number of rotatable bonds is 7. The third kappa shape index (κ3) is 8.08. The topological polar surface area (TPSA) is 105 Å². The number of hydrogen-bond donors (Lipinski definition) is 0. The Bertz CT molecular complexity index is 547. The summed E-state index contributed by atoms with van der Waals surface area (Å²) in [6.45, 7) is 2.15. The Balaban J connectivity index is 0. The summed E-state index contributed by atoms with van der Waals surface area (Å²) < 4.78 is 5.14. The molecule has 0 aliphatic heterocycles. The van der Waals surface area contributed by atoms with Crippen LogP contribution in [0.5, 0.6) is 5.75 Å². The van der Waals surface area contributed by atoms with Gasteiger partial charge in [0.15, 0.2) is 6.40 Å². The van der Waals surface area contributed by atoms with E-state index in [-0.39, 0.29) is 103 Å². The zero-order chi connectivity index (χ0) is 16.0. The first kappa shape index (κ1) is 25.9. The van der Waals surface area contributed by atoms with Crippen LogP contribution in [0.4, 0.5) is 5.69 Å². The minimum absolute atomic E-state index is 0. The minimum atomic E-state index is -1.51. The Morgan fingerprint density at radius 3 is 2.13 bits per heavy atom. The molecule has 0 radical (unpaired) electrons. The number of carbonyl (C=O) groups is 2. The van der Waals surface area contributed by atoms with Crippen LogP contribution >= 0.6 is 0 Å². The second kappa shape index (κ2) is 12.1. The number of anilines is 1. The molecule has 0 fully saturated rings. The van der Waals surface area contributed by atoms with Crippen molar-refractivity contribution in [2.24, 2.45) is 4.99 Å². The molecule has 7 nitrogen and oxygen atoms in total. The number of benzene rings is 1. The van der Waals surface area contributed by atoms with Crippen LogP contribution in [-0.2, 0) is 9.59 Å². The van der Waals surface area contributed by atoms with E-state index in [1.165, 1.54) is 25.1 Å². The first-order valence-corrected chi connectivity index (χ1v) is 6.15. The maximum atomic E-state index is 11.2. The Morgan fingerprint density at radius 1 is 1.22 bits per heavy atom. The predicted molar refractivity (Wildman–Crippen MR) is 72.9 cm³/mol. The fourth-order valence-corrected chi connectivity index (χ4v) is 1.67. The third-order valence-electron chi connectivity index (χ3n) is 2.90. The summed E-state index contributed by atoms with van der Waals surface area (Å²) in [7, 11) is 1.55. The minimum Gasteiger partial charge on any atom is -0.548 e. The first-order chi connectivity index (χ1) is 9.78. The van der Waals surface area contributed by atoms with Crippen molar-refractivity contribution in [3.8, 4) is 5.75 Å². The van der Waals surface area contributed by atoms with E-state index >= 15 is 0 Å². The Kier molecular flexibility index (Phi) is 13.7. The van der Waals surface area contributed by atoms with E-state index in [0.717, 1.165) is 0 Å². The summed E-state index contributed by atoms with van der Waals surface area (Å²) in [6.07, 6.45) is 1.25. The summed E-state index contributed by atoms with van der Waals surface area (Å²) in [5.74, 6) is -2.28. The van der Waals surface area contributed by atoms with Crippen molar-refractivity contribution in [2.75, 3.05) is 18.5 Å². The van der Waals surface area contributed by atoms with Crippen molar-refractivity contribution >= 4 is 24.0 Å². The van der Waals surface area contributed by atoms with E-state index in [1.54, 1.807) is 31.3 Å². The molecule has 0 heterocycles. The van der Waals surface area contributed by atoms with E-state index in [9.17, 15) is 19.8 Å². The van der Waals surface area contributed by atoms with Crippen LogP contribution < -0.4 is 123 Å². The predicted octanol–water partition coefficient (Wildman–Crippen LogP) is -7.18. The molecule has 1 aromatic carbocycles. The molecule has 0 aliphatic carbocycles. The third-order valence-corrected chi connectivity index (χ3v) is 2.90. The number of aliphatic carboxylic acids is 2. The van der Waals surface area contributed by atoms with Crippen LogP contribution in [0.1, 0.15) is 13.8 Å². The van der Waals surface area contributed by atoms with Gasteiger partial charge in [0.1, 0.15) is 5.75 Å². The van der Waals surface area contributed by atoms with Gasteiger partial charge in [0.25, 0.3) is 0 Å². The molecular formula is C14H16K2N2O5. The molecule has 0 N–H and O–H groups in total. The van der Waals surface area contributed by atoms with Crippen molar-refractivity contribution in [2.45, 2.75) is 19.4 Å². The number of nitrogens with zero attached hydrogens (tertiary/aromatic N) is 2. The number of carboxylic acids is 2. The fourth-order valence-electron chi connectivity index (χ4n) is 1.67. The van der Waals surface area contributed by atoms with Gasteiger partial charge in [-0.15, -0.1) is 0 Å². The van der Waals surface area contributed by atoms with Crippen molar-refractivity contribution in [3.05, 3.63) is 24.3 Å². The van der Waals surface area contributed by atoms with Gasteiger partial charge in [0.05, 0.1) is 24.0 Å². The van der Waals surface area contributed by atoms with Crippen LogP contribution in [0.25, 0.3) is 0 Å². The molecule has 0 aliphatic rings. The van der Waals surface area contributed by atoms with Gasteiger partial charge in [-0.25, -0.2) is 0 Å². The summed E-state index contributed by atoms with van der Waals surface area (Å²) in [5.41, 5.74) is -1.11. The van der Waals surface area contributed by atoms with Crippen molar-refractivity contribution < 1.29 is 127 Å². The molecule has 114 valence electrons. The van der Waals surface area contributed by atoms with Gasteiger partial charge in [-0.05, 0) is 38.1 Å². The molecule has 0 bridgehead atoms. The number of aliphatic imine (C=N–C) groups is 1. The zero-order valence-electron chi connectivity index (χ0n) is 14.0. The molecule has 0 atom stereocenters. The van der Waals surface area contributed by atoms with Crippen LogP contribution in [0.3, 0.4) is 0 Å². The number of ether oxygens (including phenoxy) is 1. The van der Waals surface area contributed by atoms with Crippen LogP contribution in [0.15, 0.2) is 29.3 Å². The van der Waals surface area contributed by atoms with Gasteiger partial charge in [0, 0.05) is 12.7 Å². The second-order valence-corrected chi connectivity index (χ2v) is 4.78. The Labute approximate surface area is 220 Å². The molecule has 0 aromatic heterocycles. The van der Waals surface area contributed by atoms with Crippen molar-refractivity contribution in [3.63, 3.8) is 0 Å². The average molecular weight is 370 g/mol. The van der Waals surface area contributed by atoms with Gasteiger partial charge in [-0.3, -0.25) is 4.99 Å². The SMILES string of the molecule is CN=COc1ccc(N(CC(=O)[O-])C(C)(C)C(=O)[O-])cc1.[K+].[K+]. The van der Waals surface area contributed by atoms with Gasteiger partial charge < -0.3 is 29.4 Å². The molecule has 1 rings (SSSR count). The van der Waals surface area contributed by atoms with E-state index in [2.05, 4.69) is 4.99 Å². The standard InChI is InChI=1S/C14H18N2O5.2K/c1-14(2,13(19)20)16(8-12(17)18)10-4-6-11(7-5-10)21-9-15-3;;/h4-7,9H,8H2,1-3H3,(H,17,18)(H,19,20);;/q;2*+1/p-2. The molecule has 0 saturated carbocycles. The van der Waals surface area contributed by atoms with E-state index < -0.39 is 24.0 Å². The smallest absolute Gasteiger partial charge is 0.548 e. The molecule has 0 spiro atoms. The number of carboxylic acid groups (broad SMARTS) is 2. The van der Waals surface area contributed by atoms with Gasteiger partial charge in [-0.1, -0.05) is 0 Å². The molecule has 0 unspecified atom stereocenters. The quantitative estimate of drug-likeness (QED) is 0.268. The fraction of sp³-hybridized carbons (Fsp3) is 0.357. The second-order valence-electron chi connectivity index (χ2n) is 4.78. The first-order valence-electron chi connectivity index (χ1n) is 6.15. The van der Waals surface area contributed by atoms with Crippen LogP contribution in [-0.4, -0.2) is 37.5 Å². The Morgan fingerprint density at radius 2 is 1.74 bits per heavy atom. The largest absolute Gasteiger partial charge is 1.00 e. The summed E-state index contributed by atoms with van der Waals surface area (Å²) >= 11 is 0. The normalized spacial score (nSPS) is 10.4. The van der Waals surface area contributed by atoms with Gasteiger partial charge in [-0.2, -0.15) is 0 Å². The van der Waals surface area contributed by atoms with Crippen LogP contribution in [0.2, 0.25) is 0 Å². The Hall–Kier alpha value is 0.703. The van der Waals surface area contributed by atoms with E-state index in [1.807, 2.05) is 0 Å². The van der Waals surface area contributed by atoms with E-state index in [0.29, 0.717) is 11.4 Å². The average Bonchev–Trinajstić information content (AvgIpc) is 2.42. The van der Waals surface area contributed by atoms with Gasteiger partial charge in [0.2, 0.25) is 0 Å². The summed E-state index contributed by atoms with van der Waals surface area (Å²) in [5, 5.41) is 22.1. The molecule has 1 aromatic rings. The summed E-state index contributed by atoms with van der Waals surface area (Å²) in [4.78, 5) is 26.9. The zero-order valence-corrected chi connectivity index (χ0v) is 20.3. The molecule has 23 heavy (non-hydrogen) atoms. The van der Waals surface area contributed by atoms with Crippen molar-refractivity contribution in [1.82, 2.24) is 0 Å². The number of carbonyl (C=O) groups excluding carboxylic acids is 2. The van der Waals surface area contributed by atoms with E-state index in [4.69, 9.17) is 4.74 Å². The molecule has 9 heteroatoms. The maximum Gasteiger partial charge on any atom is 1.00 e. The maximum absolute atomic E-state index is 11.2. The number of hydrogen-bond acceptors (Lipinski definition) is 7. The summed E-state index contributed by atoms with van der Waals surface area (Å²) in [6, 6.07) is 6.24. The van der Waals surface area contributed by atoms with Gasteiger partial charge >= 0.3 is 103 Å². The van der Waals surface area contributed by atoms with Crippen LogP contribution in [0, 0.1) is 0 Å². The monoisotopic (exact) mass is 370 g/mol.